The molecule has 2 unspecified atom stereocenters. The molecule has 0 aromatic carbocycles. The minimum Gasteiger partial charge on any atom is -0.294 e. The van der Waals surface area contributed by atoms with Gasteiger partial charge in [-0.1, -0.05) is 26.2 Å². The normalized spacial score (nSPS) is 32.6. The topological polar surface area (TPSA) is 49.4 Å². The summed E-state index contributed by atoms with van der Waals surface area (Å²) in [6.07, 6.45) is 6.04. The van der Waals surface area contributed by atoms with Crippen molar-refractivity contribution in [3.05, 3.63) is 0 Å². The quantitative estimate of drug-likeness (QED) is 0.709. The van der Waals surface area contributed by atoms with Crippen LogP contribution in [0.25, 0.3) is 0 Å². The van der Waals surface area contributed by atoms with Crippen LogP contribution >= 0.6 is 0 Å². The smallest absolute Gasteiger partial charge is 0.240 e. The Morgan fingerprint density at radius 1 is 1.25 bits per heavy atom. The second-order valence-electron chi connectivity index (χ2n) is 4.97. The zero-order valence-corrected chi connectivity index (χ0v) is 9.87. The number of nitrogens with one attached hydrogen (secondary N) is 1. The molecule has 1 heterocycles. The van der Waals surface area contributed by atoms with E-state index in [1.165, 1.54) is 19.3 Å². The molecule has 4 heteroatoms. The highest BCUT2D eigenvalue weighted by Gasteiger charge is 2.31. The minimum absolute atomic E-state index is 0.144. The summed E-state index contributed by atoms with van der Waals surface area (Å²) in [7, 11) is 0. The van der Waals surface area contributed by atoms with Crippen molar-refractivity contribution in [3.8, 4) is 0 Å². The van der Waals surface area contributed by atoms with Crippen molar-refractivity contribution in [2.45, 2.75) is 45.1 Å². The summed E-state index contributed by atoms with van der Waals surface area (Å²) >= 11 is 0. The Bertz CT molecular complexity index is 275. The molecule has 2 atom stereocenters. The van der Waals surface area contributed by atoms with Crippen molar-refractivity contribution >= 4 is 11.8 Å². The van der Waals surface area contributed by atoms with Gasteiger partial charge in [0.15, 0.2) is 0 Å². The van der Waals surface area contributed by atoms with Crippen LogP contribution in [0, 0.1) is 5.92 Å². The van der Waals surface area contributed by atoms with Crippen molar-refractivity contribution in [3.63, 3.8) is 0 Å². The van der Waals surface area contributed by atoms with E-state index in [0.29, 0.717) is 19.1 Å². The lowest BCUT2D eigenvalue weighted by Gasteiger charge is -2.38. The van der Waals surface area contributed by atoms with E-state index in [1.807, 2.05) is 0 Å². The lowest BCUT2D eigenvalue weighted by molar-refractivity contribution is -0.137. The van der Waals surface area contributed by atoms with Gasteiger partial charge in [0.1, 0.15) is 0 Å². The van der Waals surface area contributed by atoms with Crippen LogP contribution in [0.2, 0.25) is 0 Å². The first-order valence-electron chi connectivity index (χ1n) is 6.25. The first kappa shape index (κ1) is 11.6. The third kappa shape index (κ3) is 2.61. The van der Waals surface area contributed by atoms with Crippen LogP contribution in [0.4, 0.5) is 0 Å². The fourth-order valence-corrected chi connectivity index (χ4v) is 2.88. The van der Waals surface area contributed by atoms with Gasteiger partial charge in [-0.25, -0.2) is 0 Å². The fourth-order valence-electron chi connectivity index (χ4n) is 2.88. The lowest BCUT2D eigenvalue weighted by atomic mass is 9.83. The van der Waals surface area contributed by atoms with Crippen LogP contribution in [-0.2, 0) is 9.59 Å². The van der Waals surface area contributed by atoms with Crippen molar-refractivity contribution in [2.24, 2.45) is 5.92 Å². The predicted octanol–water partition coefficient (Wildman–Crippen LogP) is 0.914. The SMILES string of the molecule is CCC1CCCC(N2CC(=O)NC(=O)C2)C1. The highest BCUT2D eigenvalue weighted by atomic mass is 16.2. The molecule has 2 rings (SSSR count). The van der Waals surface area contributed by atoms with Crippen molar-refractivity contribution in [2.75, 3.05) is 13.1 Å². The molecule has 16 heavy (non-hydrogen) atoms. The highest BCUT2D eigenvalue weighted by Crippen LogP contribution is 2.29. The van der Waals surface area contributed by atoms with Crippen LogP contribution in [-0.4, -0.2) is 35.8 Å². The van der Waals surface area contributed by atoms with Gasteiger partial charge in [0, 0.05) is 6.04 Å². The van der Waals surface area contributed by atoms with Gasteiger partial charge in [0.05, 0.1) is 13.1 Å². The summed E-state index contributed by atoms with van der Waals surface area (Å²) in [6, 6.07) is 0.439. The van der Waals surface area contributed by atoms with Crippen molar-refractivity contribution in [1.82, 2.24) is 10.2 Å². The van der Waals surface area contributed by atoms with Crippen LogP contribution in [0.1, 0.15) is 39.0 Å². The van der Waals surface area contributed by atoms with Gasteiger partial charge in [0.25, 0.3) is 0 Å². The summed E-state index contributed by atoms with van der Waals surface area (Å²) in [6.45, 7) is 3.01. The van der Waals surface area contributed by atoms with Crippen LogP contribution in [0.3, 0.4) is 0 Å². The molecule has 2 fully saturated rings. The Labute approximate surface area is 96.4 Å². The summed E-state index contributed by atoms with van der Waals surface area (Å²) in [5, 5.41) is 2.35. The number of imide groups is 1. The average molecular weight is 224 g/mol. The lowest BCUT2D eigenvalue weighted by Crippen LogP contribution is -2.55. The molecule has 0 aromatic rings. The van der Waals surface area contributed by atoms with E-state index in [4.69, 9.17) is 0 Å². The Morgan fingerprint density at radius 3 is 2.56 bits per heavy atom. The van der Waals surface area contributed by atoms with E-state index in [1.54, 1.807) is 0 Å². The first-order valence-corrected chi connectivity index (χ1v) is 6.25. The third-order valence-electron chi connectivity index (χ3n) is 3.82. The first-order chi connectivity index (χ1) is 7.69. The summed E-state index contributed by atoms with van der Waals surface area (Å²) in [4.78, 5) is 24.7. The number of rotatable bonds is 2. The van der Waals surface area contributed by atoms with Gasteiger partial charge in [-0.3, -0.25) is 19.8 Å². The predicted molar refractivity (Wildman–Crippen MR) is 60.8 cm³/mol. The van der Waals surface area contributed by atoms with Crippen LogP contribution in [0.15, 0.2) is 0 Å². The standard InChI is InChI=1S/C12H20N2O2/c1-2-9-4-3-5-10(6-9)14-7-11(15)13-12(16)8-14/h9-10H,2-8H2,1H3,(H,13,15,16). The summed E-state index contributed by atoms with van der Waals surface area (Å²) < 4.78 is 0. The van der Waals surface area contributed by atoms with E-state index >= 15 is 0 Å². The van der Waals surface area contributed by atoms with Gasteiger partial charge < -0.3 is 0 Å². The molecule has 4 nitrogen and oxygen atoms in total. The molecule has 90 valence electrons. The van der Waals surface area contributed by atoms with Gasteiger partial charge in [-0.15, -0.1) is 0 Å². The van der Waals surface area contributed by atoms with Gasteiger partial charge in [-0.05, 0) is 18.8 Å². The maximum absolute atomic E-state index is 11.3. The maximum Gasteiger partial charge on any atom is 0.240 e. The Kier molecular flexibility index (Phi) is 3.59. The molecule has 1 saturated heterocycles. The number of hydrogen-bond donors (Lipinski definition) is 1. The minimum atomic E-state index is -0.144. The number of carbonyl (C=O) groups excluding carboxylic acids is 2. The van der Waals surface area contributed by atoms with Crippen molar-refractivity contribution < 1.29 is 9.59 Å². The summed E-state index contributed by atoms with van der Waals surface area (Å²) in [5.41, 5.74) is 0. The molecule has 0 radical (unpaired) electrons. The maximum atomic E-state index is 11.3. The molecule has 1 aliphatic heterocycles. The van der Waals surface area contributed by atoms with Gasteiger partial charge in [-0.2, -0.15) is 0 Å². The van der Waals surface area contributed by atoms with Gasteiger partial charge in [0.2, 0.25) is 11.8 Å². The fraction of sp³-hybridized carbons (Fsp3) is 0.833. The average Bonchev–Trinajstić information content (AvgIpc) is 2.28. The number of nitrogens with zero attached hydrogens (tertiary/aromatic N) is 1. The van der Waals surface area contributed by atoms with E-state index in [-0.39, 0.29) is 11.8 Å². The molecule has 2 amide bonds. The third-order valence-corrected chi connectivity index (χ3v) is 3.82. The second-order valence-corrected chi connectivity index (χ2v) is 4.97. The molecular formula is C12H20N2O2. The van der Waals surface area contributed by atoms with Crippen LogP contribution < -0.4 is 5.32 Å². The van der Waals surface area contributed by atoms with E-state index in [2.05, 4.69) is 17.1 Å². The molecule has 0 aromatic heterocycles. The zero-order chi connectivity index (χ0) is 11.5. The molecule has 0 bridgehead atoms. The largest absolute Gasteiger partial charge is 0.294 e. The van der Waals surface area contributed by atoms with Crippen molar-refractivity contribution in [1.29, 1.82) is 0 Å². The number of carbonyl (C=O) groups is 2. The highest BCUT2D eigenvalue weighted by molar-refractivity contribution is 5.99. The molecule has 1 N–H and O–H groups in total. The summed E-state index contributed by atoms with van der Waals surface area (Å²) in [5.74, 6) is 0.489. The van der Waals surface area contributed by atoms with E-state index in [9.17, 15) is 9.59 Å². The van der Waals surface area contributed by atoms with E-state index in [0.717, 1.165) is 18.8 Å². The van der Waals surface area contributed by atoms with E-state index < -0.39 is 0 Å². The van der Waals surface area contributed by atoms with Gasteiger partial charge >= 0.3 is 0 Å². The molecule has 2 aliphatic rings. The number of hydrogen-bond acceptors (Lipinski definition) is 3. The zero-order valence-electron chi connectivity index (χ0n) is 9.87. The number of amides is 2. The Morgan fingerprint density at radius 2 is 1.94 bits per heavy atom. The Hall–Kier alpha value is -0.900. The molecule has 1 saturated carbocycles. The Balaban J connectivity index is 1.95. The molecule has 0 spiro atoms. The second kappa shape index (κ2) is 4.95. The number of piperazine rings is 1. The molecular weight excluding hydrogens is 204 g/mol. The molecule has 1 aliphatic carbocycles. The monoisotopic (exact) mass is 224 g/mol. The van der Waals surface area contributed by atoms with Crippen LogP contribution in [0.5, 0.6) is 0 Å².